The molecule has 3 nitrogen and oxygen atoms in total. The first kappa shape index (κ1) is 15.8. The van der Waals surface area contributed by atoms with E-state index >= 15 is 0 Å². The molecule has 2 atom stereocenters. The van der Waals surface area contributed by atoms with Crippen LogP contribution in [-0.4, -0.2) is 40.9 Å². The van der Waals surface area contributed by atoms with Gasteiger partial charge in [0.2, 0.25) is 0 Å². The number of carbonyl (C=O) groups excluding carboxylic acids is 1. The molecule has 0 aromatic heterocycles. The summed E-state index contributed by atoms with van der Waals surface area (Å²) in [5, 5.41) is 0. The maximum absolute atomic E-state index is 12.7. The lowest BCUT2D eigenvalue weighted by atomic mass is 10.0. The number of carbonyl (C=O) groups is 1. The van der Waals surface area contributed by atoms with E-state index in [1.807, 2.05) is 41.3 Å². The van der Waals surface area contributed by atoms with Gasteiger partial charge in [0.15, 0.2) is 0 Å². The summed E-state index contributed by atoms with van der Waals surface area (Å²) in [5.74, 6) is 0.142. The Morgan fingerprint density at radius 2 is 1.43 bits per heavy atom. The maximum Gasteiger partial charge on any atom is 0.253 e. The van der Waals surface area contributed by atoms with Gasteiger partial charge in [-0.2, -0.15) is 0 Å². The molecule has 0 bridgehead atoms. The molecule has 23 heavy (non-hydrogen) atoms. The molecular weight excluding hydrogens is 284 g/mol. The molecule has 0 saturated carbocycles. The van der Waals surface area contributed by atoms with E-state index < -0.39 is 0 Å². The van der Waals surface area contributed by atoms with Crippen molar-refractivity contribution < 1.29 is 4.79 Å². The molecule has 1 amide bonds. The maximum atomic E-state index is 12.7. The van der Waals surface area contributed by atoms with Gasteiger partial charge >= 0.3 is 0 Å². The Morgan fingerprint density at radius 1 is 0.913 bits per heavy atom. The van der Waals surface area contributed by atoms with Gasteiger partial charge in [-0.15, -0.1) is 0 Å². The summed E-state index contributed by atoms with van der Waals surface area (Å²) in [7, 11) is 0. The second kappa shape index (κ2) is 6.97. The molecule has 2 aromatic rings. The summed E-state index contributed by atoms with van der Waals surface area (Å²) in [5.41, 5.74) is 2.11. The lowest BCUT2D eigenvalue weighted by Gasteiger charge is -2.44. The summed E-state index contributed by atoms with van der Waals surface area (Å²) >= 11 is 0. The van der Waals surface area contributed by atoms with Crippen LogP contribution < -0.4 is 0 Å². The van der Waals surface area contributed by atoms with Crippen molar-refractivity contribution in [3.63, 3.8) is 0 Å². The average molecular weight is 308 g/mol. The van der Waals surface area contributed by atoms with Crippen LogP contribution in [0.15, 0.2) is 60.7 Å². The minimum atomic E-state index is 0.142. The Bertz CT molecular complexity index is 629. The third-order valence-corrected chi connectivity index (χ3v) is 4.62. The molecule has 0 radical (unpaired) electrons. The Balaban J connectivity index is 1.68. The monoisotopic (exact) mass is 308 g/mol. The van der Waals surface area contributed by atoms with E-state index in [-0.39, 0.29) is 5.91 Å². The van der Waals surface area contributed by atoms with Gasteiger partial charge in [-0.05, 0) is 31.5 Å². The van der Waals surface area contributed by atoms with Gasteiger partial charge in [0.05, 0.1) is 0 Å². The van der Waals surface area contributed by atoms with Gasteiger partial charge in [-0.1, -0.05) is 48.5 Å². The second-order valence-corrected chi connectivity index (χ2v) is 6.43. The van der Waals surface area contributed by atoms with Crippen LogP contribution in [0.5, 0.6) is 0 Å². The highest BCUT2D eigenvalue weighted by molar-refractivity contribution is 5.94. The minimum absolute atomic E-state index is 0.142. The minimum Gasteiger partial charge on any atom is -0.336 e. The fourth-order valence-corrected chi connectivity index (χ4v) is 3.39. The van der Waals surface area contributed by atoms with Crippen molar-refractivity contribution in [2.75, 3.05) is 13.1 Å². The lowest BCUT2D eigenvalue weighted by molar-refractivity contribution is 0.0270. The first-order valence-electron chi connectivity index (χ1n) is 8.29. The molecule has 2 unspecified atom stereocenters. The van der Waals surface area contributed by atoms with Gasteiger partial charge in [0.25, 0.3) is 5.91 Å². The van der Waals surface area contributed by atoms with E-state index in [0.717, 1.165) is 25.2 Å². The van der Waals surface area contributed by atoms with Crippen LogP contribution in [0.4, 0.5) is 0 Å². The summed E-state index contributed by atoms with van der Waals surface area (Å²) in [6.07, 6.45) is 0. The largest absolute Gasteiger partial charge is 0.336 e. The number of rotatable bonds is 3. The van der Waals surface area contributed by atoms with Crippen molar-refractivity contribution in [2.45, 2.75) is 32.5 Å². The van der Waals surface area contributed by atoms with Crippen molar-refractivity contribution in [1.29, 1.82) is 0 Å². The van der Waals surface area contributed by atoms with Gasteiger partial charge < -0.3 is 4.90 Å². The molecule has 0 spiro atoms. The number of hydrogen-bond acceptors (Lipinski definition) is 2. The molecule has 0 N–H and O–H groups in total. The Morgan fingerprint density at radius 3 is 2.00 bits per heavy atom. The molecule has 1 aliphatic heterocycles. The number of hydrogen-bond donors (Lipinski definition) is 0. The highest BCUT2D eigenvalue weighted by atomic mass is 16.2. The molecular formula is C20H24N2O. The second-order valence-electron chi connectivity index (χ2n) is 6.43. The summed E-state index contributed by atoms with van der Waals surface area (Å²) < 4.78 is 0. The first-order valence-corrected chi connectivity index (χ1v) is 8.29. The molecule has 1 fully saturated rings. The van der Waals surface area contributed by atoms with Gasteiger partial charge in [-0.3, -0.25) is 9.69 Å². The van der Waals surface area contributed by atoms with Crippen LogP contribution in [0.3, 0.4) is 0 Å². The van der Waals surface area contributed by atoms with Crippen LogP contribution >= 0.6 is 0 Å². The molecule has 1 aliphatic rings. The third kappa shape index (κ3) is 3.62. The van der Waals surface area contributed by atoms with E-state index in [1.165, 1.54) is 5.56 Å². The van der Waals surface area contributed by atoms with Crippen LogP contribution in [0, 0.1) is 0 Å². The van der Waals surface area contributed by atoms with E-state index in [1.54, 1.807) is 0 Å². The first-order chi connectivity index (χ1) is 11.1. The van der Waals surface area contributed by atoms with Crippen LogP contribution in [-0.2, 0) is 6.54 Å². The molecule has 1 heterocycles. The zero-order chi connectivity index (χ0) is 16.2. The summed E-state index contributed by atoms with van der Waals surface area (Å²) in [6.45, 7) is 6.93. The van der Waals surface area contributed by atoms with E-state index in [9.17, 15) is 4.79 Å². The van der Waals surface area contributed by atoms with E-state index in [0.29, 0.717) is 12.1 Å². The topological polar surface area (TPSA) is 23.6 Å². The Hall–Kier alpha value is -2.13. The Labute approximate surface area is 138 Å². The fourth-order valence-electron chi connectivity index (χ4n) is 3.39. The molecule has 3 rings (SSSR count). The standard InChI is InChI=1S/C20H24N2O/c1-16-13-21(20(23)19-11-7-4-8-12-19)14-17(2)22(16)15-18-9-5-3-6-10-18/h3-12,16-17H,13-15H2,1-2H3. The number of benzene rings is 2. The van der Waals surface area contributed by atoms with Crippen molar-refractivity contribution in [3.05, 3.63) is 71.8 Å². The Kier molecular flexibility index (Phi) is 4.77. The van der Waals surface area contributed by atoms with Crippen molar-refractivity contribution >= 4 is 5.91 Å². The predicted octanol–water partition coefficient (Wildman–Crippen LogP) is 3.42. The predicted molar refractivity (Wildman–Crippen MR) is 93.3 cm³/mol. The SMILES string of the molecule is CC1CN(C(=O)c2ccccc2)CC(C)N1Cc1ccccc1. The zero-order valence-electron chi connectivity index (χ0n) is 13.9. The molecule has 2 aromatic carbocycles. The van der Waals surface area contributed by atoms with Crippen molar-refractivity contribution in [2.24, 2.45) is 0 Å². The smallest absolute Gasteiger partial charge is 0.253 e. The van der Waals surface area contributed by atoms with Crippen molar-refractivity contribution in [1.82, 2.24) is 9.80 Å². The quantitative estimate of drug-likeness (QED) is 0.867. The van der Waals surface area contributed by atoms with Crippen LogP contribution in [0.1, 0.15) is 29.8 Å². The molecule has 120 valence electrons. The summed E-state index contributed by atoms with van der Waals surface area (Å²) in [6, 6.07) is 20.8. The zero-order valence-corrected chi connectivity index (χ0v) is 13.9. The molecule has 1 saturated heterocycles. The van der Waals surface area contributed by atoms with Crippen LogP contribution in [0.25, 0.3) is 0 Å². The number of piperazine rings is 1. The van der Waals surface area contributed by atoms with Crippen molar-refractivity contribution in [3.8, 4) is 0 Å². The number of amides is 1. The van der Waals surface area contributed by atoms with E-state index in [4.69, 9.17) is 0 Å². The molecule has 0 aliphatic carbocycles. The highest BCUT2D eigenvalue weighted by Gasteiger charge is 2.31. The third-order valence-electron chi connectivity index (χ3n) is 4.62. The van der Waals surface area contributed by atoms with Gasteiger partial charge in [-0.25, -0.2) is 0 Å². The van der Waals surface area contributed by atoms with Gasteiger partial charge in [0, 0.05) is 37.3 Å². The average Bonchev–Trinajstić information content (AvgIpc) is 2.59. The fraction of sp³-hybridized carbons (Fsp3) is 0.350. The summed E-state index contributed by atoms with van der Waals surface area (Å²) in [4.78, 5) is 17.1. The normalized spacial score (nSPS) is 22.1. The lowest BCUT2D eigenvalue weighted by Crippen LogP contribution is -2.57. The number of nitrogens with zero attached hydrogens (tertiary/aromatic N) is 2. The van der Waals surface area contributed by atoms with Gasteiger partial charge in [0.1, 0.15) is 0 Å². The molecule has 3 heteroatoms. The van der Waals surface area contributed by atoms with E-state index in [2.05, 4.69) is 43.0 Å². The van der Waals surface area contributed by atoms with Crippen LogP contribution in [0.2, 0.25) is 0 Å². The highest BCUT2D eigenvalue weighted by Crippen LogP contribution is 2.20.